The highest BCUT2D eigenvalue weighted by molar-refractivity contribution is 6.21. The van der Waals surface area contributed by atoms with Crippen LogP contribution < -0.4 is 5.73 Å². The van der Waals surface area contributed by atoms with Gasteiger partial charge in [-0.05, 0) is 12.8 Å². The first kappa shape index (κ1) is 6.37. The van der Waals surface area contributed by atoms with E-state index in [0.717, 1.165) is 12.8 Å². The highest BCUT2D eigenvalue weighted by Gasteiger charge is 2.18. The Morgan fingerprint density at radius 1 is 1.25 bits per heavy atom. The average molecular weight is 134 g/mol. The van der Waals surface area contributed by atoms with Crippen molar-refractivity contribution in [3.05, 3.63) is 0 Å². The molecule has 0 bridgehead atoms. The van der Waals surface area contributed by atoms with Crippen LogP contribution in [0.25, 0.3) is 0 Å². The van der Waals surface area contributed by atoms with Gasteiger partial charge in [0.2, 0.25) is 0 Å². The third kappa shape index (κ3) is 1.36. The molecule has 0 aliphatic heterocycles. The molecule has 0 radical (unpaired) electrons. The van der Waals surface area contributed by atoms with Crippen LogP contribution in [0.3, 0.4) is 0 Å². The molecule has 2 heteroatoms. The van der Waals surface area contributed by atoms with Crippen LogP contribution in [-0.4, -0.2) is 11.4 Å². The molecule has 8 heavy (non-hydrogen) atoms. The minimum Gasteiger partial charge on any atom is -0.326 e. The number of rotatable bonds is 0. The van der Waals surface area contributed by atoms with Gasteiger partial charge in [-0.1, -0.05) is 12.8 Å². The molecule has 0 spiro atoms. The van der Waals surface area contributed by atoms with Crippen LogP contribution in [0.2, 0.25) is 0 Å². The number of nitrogens with two attached hydrogens (primary N) is 1. The van der Waals surface area contributed by atoms with Crippen molar-refractivity contribution in [1.82, 2.24) is 0 Å². The highest BCUT2D eigenvalue weighted by atomic mass is 35.5. The van der Waals surface area contributed by atoms with Gasteiger partial charge in [-0.25, -0.2) is 0 Å². The molecule has 2 N–H and O–H groups in total. The molecule has 1 saturated carbocycles. The van der Waals surface area contributed by atoms with Gasteiger partial charge in [0, 0.05) is 11.4 Å². The second-order valence-electron chi connectivity index (χ2n) is 2.46. The first-order valence-corrected chi connectivity index (χ1v) is 3.64. The van der Waals surface area contributed by atoms with Crippen LogP contribution in [-0.2, 0) is 0 Å². The first-order chi connectivity index (χ1) is 3.80. The summed E-state index contributed by atoms with van der Waals surface area (Å²) in [6.07, 6.45) is 4.77. The lowest BCUT2D eigenvalue weighted by atomic mass is 9.96. The third-order valence-corrected chi connectivity index (χ3v) is 2.27. The van der Waals surface area contributed by atoms with Gasteiger partial charge in [0.25, 0.3) is 0 Å². The molecule has 1 aliphatic rings. The summed E-state index contributed by atoms with van der Waals surface area (Å²) in [4.78, 5) is 0. The Bertz CT molecular complexity index is 64.9. The Balaban J connectivity index is 2.28. The van der Waals surface area contributed by atoms with Crippen molar-refractivity contribution in [1.29, 1.82) is 0 Å². The maximum Gasteiger partial charge on any atom is 0.0487 e. The number of alkyl halides is 1. The molecule has 0 amide bonds. The molecule has 0 aromatic carbocycles. The van der Waals surface area contributed by atoms with E-state index in [0.29, 0.717) is 0 Å². The molecule has 2 atom stereocenters. The summed E-state index contributed by atoms with van der Waals surface area (Å²) in [5.41, 5.74) is 5.65. The van der Waals surface area contributed by atoms with Crippen LogP contribution in [0.5, 0.6) is 0 Å². The molecule has 1 nitrogen and oxygen atoms in total. The SMILES string of the molecule is N[C@H]1CCCC[C@H]1Cl. The summed E-state index contributed by atoms with van der Waals surface area (Å²) in [5, 5.41) is 0.253. The number of hydrogen-bond acceptors (Lipinski definition) is 1. The van der Waals surface area contributed by atoms with Gasteiger partial charge >= 0.3 is 0 Å². The Kier molecular flexibility index (Phi) is 2.15. The Morgan fingerprint density at radius 3 is 2.25 bits per heavy atom. The Hall–Kier alpha value is 0.250. The van der Waals surface area contributed by atoms with E-state index in [4.69, 9.17) is 17.3 Å². The van der Waals surface area contributed by atoms with Gasteiger partial charge in [-0.2, -0.15) is 0 Å². The van der Waals surface area contributed by atoms with Gasteiger partial charge in [-0.15, -0.1) is 11.6 Å². The summed E-state index contributed by atoms with van der Waals surface area (Å²) in [6, 6.07) is 0.269. The third-order valence-electron chi connectivity index (χ3n) is 1.73. The Labute approximate surface area is 55.2 Å². The second-order valence-corrected chi connectivity index (χ2v) is 3.02. The van der Waals surface area contributed by atoms with E-state index in [9.17, 15) is 0 Å². The van der Waals surface area contributed by atoms with Crippen LogP contribution in [0.15, 0.2) is 0 Å². The average Bonchev–Trinajstić information content (AvgIpc) is 1.77. The second kappa shape index (κ2) is 2.70. The minimum atomic E-state index is 0.253. The van der Waals surface area contributed by atoms with E-state index < -0.39 is 0 Å². The van der Waals surface area contributed by atoms with E-state index in [2.05, 4.69) is 0 Å². The molecule has 0 saturated heterocycles. The van der Waals surface area contributed by atoms with Gasteiger partial charge in [0.05, 0.1) is 0 Å². The topological polar surface area (TPSA) is 26.0 Å². The fraction of sp³-hybridized carbons (Fsp3) is 1.00. The van der Waals surface area contributed by atoms with E-state index in [1.165, 1.54) is 12.8 Å². The van der Waals surface area contributed by atoms with Crippen molar-refractivity contribution in [3.8, 4) is 0 Å². The molecule has 0 unspecified atom stereocenters. The summed E-state index contributed by atoms with van der Waals surface area (Å²) in [5.74, 6) is 0. The van der Waals surface area contributed by atoms with Crippen LogP contribution >= 0.6 is 11.6 Å². The van der Waals surface area contributed by atoms with Gasteiger partial charge < -0.3 is 5.73 Å². The monoisotopic (exact) mass is 133 g/mol. The molecule has 0 aromatic rings. The predicted octanol–water partition coefficient (Wildman–Crippen LogP) is 1.50. The summed E-state index contributed by atoms with van der Waals surface area (Å²) < 4.78 is 0. The largest absolute Gasteiger partial charge is 0.326 e. The smallest absolute Gasteiger partial charge is 0.0487 e. The fourth-order valence-electron chi connectivity index (χ4n) is 1.11. The predicted molar refractivity (Wildman–Crippen MR) is 36.1 cm³/mol. The van der Waals surface area contributed by atoms with Crippen molar-refractivity contribution in [2.45, 2.75) is 37.1 Å². The lowest BCUT2D eigenvalue weighted by molar-refractivity contribution is 0.448. The van der Waals surface area contributed by atoms with E-state index in [-0.39, 0.29) is 11.4 Å². The van der Waals surface area contributed by atoms with E-state index in [1.54, 1.807) is 0 Å². The summed E-state index contributed by atoms with van der Waals surface area (Å²) in [7, 11) is 0. The lowest BCUT2D eigenvalue weighted by Gasteiger charge is -2.22. The van der Waals surface area contributed by atoms with Crippen molar-refractivity contribution in [2.75, 3.05) is 0 Å². The quantitative estimate of drug-likeness (QED) is 0.498. The fourth-order valence-corrected chi connectivity index (χ4v) is 1.39. The van der Waals surface area contributed by atoms with Crippen LogP contribution in [0, 0.1) is 0 Å². The van der Waals surface area contributed by atoms with Gasteiger partial charge in [0.15, 0.2) is 0 Å². The van der Waals surface area contributed by atoms with Crippen molar-refractivity contribution >= 4 is 11.6 Å². The minimum absolute atomic E-state index is 0.253. The highest BCUT2D eigenvalue weighted by Crippen LogP contribution is 2.20. The molecule has 48 valence electrons. The van der Waals surface area contributed by atoms with Gasteiger partial charge in [-0.3, -0.25) is 0 Å². The number of hydrogen-bond donors (Lipinski definition) is 1. The maximum atomic E-state index is 5.84. The van der Waals surface area contributed by atoms with Crippen molar-refractivity contribution < 1.29 is 0 Å². The molecule has 1 fully saturated rings. The first-order valence-electron chi connectivity index (χ1n) is 3.20. The summed E-state index contributed by atoms with van der Waals surface area (Å²) in [6.45, 7) is 0. The van der Waals surface area contributed by atoms with Gasteiger partial charge in [0.1, 0.15) is 0 Å². The Morgan fingerprint density at radius 2 is 1.88 bits per heavy atom. The van der Waals surface area contributed by atoms with Crippen LogP contribution in [0.4, 0.5) is 0 Å². The zero-order chi connectivity index (χ0) is 5.98. The van der Waals surface area contributed by atoms with E-state index in [1.807, 2.05) is 0 Å². The molecular weight excluding hydrogens is 122 g/mol. The normalized spacial score (nSPS) is 39.8. The molecule has 1 rings (SSSR count). The molecular formula is C6H12ClN. The zero-order valence-corrected chi connectivity index (χ0v) is 5.69. The van der Waals surface area contributed by atoms with Crippen LogP contribution in [0.1, 0.15) is 25.7 Å². The lowest BCUT2D eigenvalue weighted by Crippen LogP contribution is -2.33. The van der Waals surface area contributed by atoms with Crippen molar-refractivity contribution in [2.24, 2.45) is 5.73 Å². The molecule has 1 aliphatic carbocycles. The van der Waals surface area contributed by atoms with E-state index >= 15 is 0 Å². The maximum absolute atomic E-state index is 5.84. The standard InChI is InChI=1S/C6H12ClN/c7-5-3-1-2-4-6(5)8/h5-6H,1-4,8H2/t5-,6+/m1/s1. The molecule has 0 heterocycles. The number of halogens is 1. The van der Waals surface area contributed by atoms with Crippen molar-refractivity contribution in [3.63, 3.8) is 0 Å². The summed E-state index contributed by atoms with van der Waals surface area (Å²) >= 11 is 5.84. The zero-order valence-electron chi connectivity index (χ0n) is 4.94. The molecule has 0 aromatic heterocycles.